The molecule has 0 radical (unpaired) electrons. The number of nitrogens with zero attached hydrogens (tertiary/aromatic N) is 2. The summed E-state index contributed by atoms with van der Waals surface area (Å²) in [6.07, 6.45) is 2.46. The summed E-state index contributed by atoms with van der Waals surface area (Å²) in [5, 5.41) is 4.04. The monoisotopic (exact) mass is 224 g/mol. The minimum absolute atomic E-state index is 0.157. The van der Waals surface area contributed by atoms with Crippen molar-refractivity contribution in [3.05, 3.63) is 34.7 Å². The van der Waals surface area contributed by atoms with E-state index in [4.69, 9.17) is 10.3 Å². The second-order valence-electron chi connectivity index (χ2n) is 3.05. The Balaban J connectivity index is 2.35. The van der Waals surface area contributed by atoms with E-state index in [1.807, 2.05) is 19.1 Å². The highest BCUT2D eigenvalue weighted by atomic mass is 32.1. The predicted molar refractivity (Wildman–Crippen MR) is 57.2 cm³/mol. The van der Waals surface area contributed by atoms with Gasteiger partial charge >= 0.3 is 0 Å². The molecule has 0 aliphatic carbocycles. The van der Waals surface area contributed by atoms with Crippen molar-refractivity contribution in [2.75, 3.05) is 0 Å². The van der Waals surface area contributed by atoms with Crippen LogP contribution in [0.1, 0.15) is 29.3 Å². The van der Waals surface area contributed by atoms with Gasteiger partial charge in [0.05, 0.1) is 16.8 Å². The van der Waals surface area contributed by atoms with Crippen molar-refractivity contribution in [2.45, 2.75) is 19.4 Å². The fourth-order valence-corrected chi connectivity index (χ4v) is 2.23. The Morgan fingerprint density at radius 3 is 3.13 bits per heavy atom. The Morgan fingerprint density at radius 1 is 1.67 bits per heavy atom. The molecule has 0 spiro atoms. The standard InChI is InChI=1S/C9H12N4OS/c1-2-6-9(15-13-12-6)8(11-10)7-4-3-5-14-7/h3-5,8,11H,2,10H2,1H3. The second-order valence-corrected chi connectivity index (χ2v) is 3.84. The summed E-state index contributed by atoms with van der Waals surface area (Å²) in [6.45, 7) is 2.04. The molecule has 0 aromatic carbocycles. The van der Waals surface area contributed by atoms with Gasteiger partial charge < -0.3 is 4.42 Å². The van der Waals surface area contributed by atoms with E-state index < -0.39 is 0 Å². The van der Waals surface area contributed by atoms with Gasteiger partial charge in [0.2, 0.25) is 0 Å². The molecule has 2 aromatic rings. The normalized spacial score (nSPS) is 12.9. The first kappa shape index (κ1) is 10.3. The zero-order valence-electron chi connectivity index (χ0n) is 8.30. The van der Waals surface area contributed by atoms with E-state index in [0.717, 1.165) is 22.8 Å². The summed E-state index contributed by atoms with van der Waals surface area (Å²) in [7, 11) is 0. The van der Waals surface area contributed by atoms with Gasteiger partial charge in [0.1, 0.15) is 11.8 Å². The summed E-state index contributed by atoms with van der Waals surface area (Å²) in [5.74, 6) is 6.30. The highest BCUT2D eigenvalue weighted by molar-refractivity contribution is 7.05. The molecule has 0 amide bonds. The van der Waals surface area contributed by atoms with Gasteiger partial charge in [0.25, 0.3) is 0 Å². The first-order chi connectivity index (χ1) is 7.36. The molecule has 0 aliphatic heterocycles. The molecule has 80 valence electrons. The number of nitrogens with one attached hydrogen (secondary N) is 1. The zero-order valence-corrected chi connectivity index (χ0v) is 9.12. The number of aromatic nitrogens is 2. The van der Waals surface area contributed by atoms with Crippen LogP contribution in [0.5, 0.6) is 0 Å². The van der Waals surface area contributed by atoms with Gasteiger partial charge in [-0.15, -0.1) is 5.10 Å². The van der Waals surface area contributed by atoms with Crippen molar-refractivity contribution in [3.8, 4) is 0 Å². The molecule has 0 saturated heterocycles. The van der Waals surface area contributed by atoms with Gasteiger partial charge in [0, 0.05) is 0 Å². The van der Waals surface area contributed by atoms with Crippen LogP contribution in [0, 0.1) is 0 Å². The van der Waals surface area contributed by atoms with Crippen molar-refractivity contribution < 1.29 is 4.42 Å². The number of nitrogens with two attached hydrogens (primary N) is 1. The number of hydrazine groups is 1. The quantitative estimate of drug-likeness (QED) is 0.603. The van der Waals surface area contributed by atoms with Gasteiger partial charge in [0.15, 0.2) is 0 Å². The van der Waals surface area contributed by atoms with Crippen LogP contribution in [-0.2, 0) is 6.42 Å². The highest BCUT2D eigenvalue weighted by Crippen LogP contribution is 2.26. The molecule has 1 unspecified atom stereocenters. The minimum atomic E-state index is -0.157. The van der Waals surface area contributed by atoms with Crippen LogP contribution < -0.4 is 11.3 Å². The summed E-state index contributed by atoms with van der Waals surface area (Å²) in [5.41, 5.74) is 3.68. The van der Waals surface area contributed by atoms with Gasteiger partial charge in [-0.25, -0.2) is 5.43 Å². The van der Waals surface area contributed by atoms with Crippen LogP contribution in [0.4, 0.5) is 0 Å². The molecule has 0 fully saturated rings. The van der Waals surface area contributed by atoms with Gasteiger partial charge in [-0.3, -0.25) is 5.84 Å². The number of aryl methyl sites for hydroxylation is 1. The minimum Gasteiger partial charge on any atom is -0.467 e. The van der Waals surface area contributed by atoms with E-state index in [1.165, 1.54) is 11.5 Å². The maximum absolute atomic E-state index is 5.52. The van der Waals surface area contributed by atoms with Gasteiger partial charge in [-0.05, 0) is 30.1 Å². The van der Waals surface area contributed by atoms with Gasteiger partial charge in [-0.2, -0.15) is 0 Å². The molecule has 0 aliphatic rings. The van der Waals surface area contributed by atoms with Crippen LogP contribution in [0.3, 0.4) is 0 Å². The number of hydrogen-bond acceptors (Lipinski definition) is 6. The van der Waals surface area contributed by atoms with E-state index >= 15 is 0 Å². The molecule has 2 aromatic heterocycles. The summed E-state index contributed by atoms with van der Waals surface area (Å²) < 4.78 is 9.24. The Bertz CT molecular complexity index is 411. The van der Waals surface area contributed by atoms with Crippen LogP contribution in [0.25, 0.3) is 0 Å². The fourth-order valence-electron chi connectivity index (χ4n) is 1.42. The molecule has 3 N–H and O–H groups in total. The van der Waals surface area contributed by atoms with Crippen molar-refractivity contribution >= 4 is 11.5 Å². The molecule has 15 heavy (non-hydrogen) atoms. The van der Waals surface area contributed by atoms with Crippen LogP contribution >= 0.6 is 11.5 Å². The third kappa shape index (κ3) is 1.92. The molecule has 0 saturated carbocycles. The average molecular weight is 224 g/mol. The Morgan fingerprint density at radius 2 is 2.53 bits per heavy atom. The third-order valence-electron chi connectivity index (χ3n) is 2.18. The van der Waals surface area contributed by atoms with E-state index in [2.05, 4.69) is 15.0 Å². The molecular weight excluding hydrogens is 212 g/mol. The molecule has 2 heterocycles. The first-order valence-corrected chi connectivity index (χ1v) is 5.44. The SMILES string of the molecule is CCc1nnsc1C(NN)c1ccco1. The lowest BCUT2D eigenvalue weighted by Gasteiger charge is -2.11. The van der Waals surface area contributed by atoms with E-state index in [1.54, 1.807) is 6.26 Å². The first-order valence-electron chi connectivity index (χ1n) is 4.67. The van der Waals surface area contributed by atoms with E-state index in [9.17, 15) is 0 Å². The molecule has 0 bridgehead atoms. The summed E-state index contributed by atoms with van der Waals surface area (Å²) >= 11 is 1.34. The maximum atomic E-state index is 5.52. The molecule has 6 heteroatoms. The van der Waals surface area contributed by atoms with Crippen LogP contribution in [-0.4, -0.2) is 9.59 Å². The topological polar surface area (TPSA) is 77.0 Å². The third-order valence-corrected chi connectivity index (χ3v) is 3.01. The molecule has 2 rings (SSSR count). The molecule has 5 nitrogen and oxygen atoms in total. The maximum Gasteiger partial charge on any atom is 0.127 e. The highest BCUT2D eigenvalue weighted by Gasteiger charge is 2.21. The Labute approximate surface area is 91.4 Å². The van der Waals surface area contributed by atoms with Crippen molar-refractivity contribution in [3.63, 3.8) is 0 Å². The number of rotatable bonds is 4. The van der Waals surface area contributed by atoms with Crippen LogP contribution in [0.2, 0.25) is 0 Å². The Kier molecular flexibility index (Phi) is 3.10. The molecule has 1 atom stereocenters. The summed E-state index contributed by atoms with van der Waals surface area (Å²) in [6, 6.07) is 3.55. The molecular formula is C9H12N4OS. The average Bonchev–Trinajstić information content (AvgIpc) is 2.89. The van der Waals surface area contributed by atoms with Crippen molar-refractivity contribution in [1.29, 1.82) is 0 Å². The Hall–Kier alpha value is -1.24. The van der Waals surface area contributed by atoms with E-state index in [-0.39, 0.29) is 6.04 Å². The largest absolute Gasteiger partial charge is 0.467 e. The van der Waals surface area contributed by atoms with Crippen molar-refractivity contribution in [2.24, 2.45) is 5.84 Å². The lowest BCUT2D eigenvalue weighted by Crippen LogP contribution is -2.28. The number of furan rings is 1. The van der Waals surface area contributed by atoms with E-state index in [0.29, 0.717) is 0 Å². The summed E-state index contributed by atoms with van der Waals surface area (Å²) in [4.78, 5) is 1.01. The fraction of sp³-hybridized carbons (Fsp3) is 0.333. The zero-order chi connectivity index (χ0) is 10.7. The number of hydrogen-bond donors (Lipinski definition) is 2. The predicted octanol–water partition coefficient (Wildman–Crippen LogP) is 1.25. The second kappa shape index (κ2) is 4.52. The van der Waals surface area contributed by atoms with Crippen LogP contribution in [0.15, 0.2) is 22.8 Å². The lowest BCUT2D eigenvalue weighted by molar-refractivity contribution is 0.453. The smallest absolute Gasteiger partial charge is 0.127 e. The van der Waals surface area contributed by atoms with Gasteiger partial charge in [-0.1, -0.05) is 11.4 Å². The lowest BCUT2D eigenvalue weighted by atomic mass is 10.1. The van der Waals surface area contributed by atoms with Crippen molar-refractivity contribution in [1.82, 2.24) is 15.0 Å².